The number of nitrogens with zero attached hydrogens (tertiary/aromatic N) is 2. The molecule has 0 spiro atoms. The molecule has 1 N–H and O–H groups in total. The molecule has 0 aliphatic rings. The Hall–Kier alpha value is -2.88. The number of benzene rings is 3. The van der Waals surface area contributed by atoms with E-state index in [0.717, 1.165) is 53.4 Å². The van der Waals surface area contributed by atoms with Gasteiger partial charge in [-0.05, 0) is 54.6 Å². The second-order valence-corrected chi connectivity index (χ2v) is 11.5. The molecule has 0 aliphatic heterocycles. The van der Waals surface area contributed by atoms with E-state index >= 15 is 0 Å². The number of fused-ring (bicyclic) bond motifs is 3. The topological polar surface area (TPSA) is 63.1 Å². The van der Waals surface area contributed by atoms with Gasteiger partial charge < -0.3 is 5.11 Å². The maximum absolute atomic E-state index is 12.2. The summed E-state index contributed by atoms with van der Waals surface area (Å²) < 4.78 is 0. The molecule has 221 valence electrons. The van der Waals surface area contributed by atoms with Crippen LogP contribution >= 0.6 is 0 Å². The van der Waals surface area contributed by atoms with Gasteiger partial charge in [-0.3, -0.25) is 9.78 Å². The molecule has 0 amide bonds. The van der Waals surface area contributed by atoms with Gasteiger partial charge in [0.05, 0.1) is 5.52 Å². The van der Waals surface area contributed by atoms with Crippen LogP contribution in [0.2, 0.25) is 0 Å². The molecule has 0 saturated carbocycles. The van der Waals surface area contributed by atoms with Crippen LogP contribution < -0.4 is 0 Å². The number of hydrogen-bond acceptors (Lipinski definition) is 4. The number of hydrogen-bond donors (Lipinski definition) is 1. The van der Waals surface area contributed by atoms with Crippen molar-refractivity contribution in [3.8, 4) is 11.3 Å². The molecule has 0 unspecified atom stereocenters. The first-order valence-corrected chi connectivity index (χ1v) is 14.5. The average Bonchev–Trinajstić information content (AvgIpc) is 2.95. The second kappa shape index (κ2) is 14.3. The van der Waals surface area contributed by atoms with Gasteiger partial charge in [-0.25, -0.2) is 4.98 Å². The molecule has 4 aromatic rings. The van der Waals surface area contributed by atoms with Crippen LogP contribution in [0.4, 0.5) is 0 Å². The zero-order valence-electron chi connectivity index (χ0n) is 26.1. The average molecular weight is 730 g/mol. The van der Waals surface area contributed by atoms with Crippen LogP contribution in [0.1, 0.15) is 83.9 Å². The van der Waals surface area contributed by atoms with Gasteiger partial charge in [0, 0.05) is 42.4 Å². The summed E-state index contributed by atoms with van der Waals surface area (Å²) in [6.45, 7) is 18.4. The van der Waals surface area contributed by atoms with Gasteiger partial charge in [-0.15, -0.1) is 34.9 Å². The first kappa shape index (κ1) is 34.3. The summed E-state index contributed by atoms with van der Waals surface area (Å²) in [5, 5.41) is 13.6. The molecule has 0 fully saturated rings. The van der Waals surface area contributed by atoms with Gasteiger partial charge in [0.15, 0.2) is 5.78 Å². The fraction of sp³-hybridized carbons (Fsp3) is 0.417. The summed E-state index contributed by atoms with van der Waals surface area (Å²) in [4.78, 5) is 21.3. The van der Waals surface area contributed by atoms with Crippen molar-refractivity contribution in [1.29, 1.82) is 0 Å². The molecule has 4 nitrogen and oxygen atoms in total. The van der Waals surface area contributed by atoms with E-state index in [1.807, 2.05) is 41.5 Å². The quantitative estimate of drug-likeness (QED) is 0.0849. The molecule has 5 heteroatoms. The molecule has 1 radical (unpaired) electrons. The third-order valence-electron chi connectivity index (χ3n) is 8.86. The minimum absolute atomic E-state index is 0. The van der Waals surface area contributed by atoms with E-state index in [9.17, 15) is 9.90 Å². The zero-order chi connectivity index (χ0) is 29.7. The molecule has 41 heavy (non-hydrogen) atoms. The molecule has 1 aromatic heterocycles. The van der Waals surface area contributed by atoms with Crippen molar-refractivity contribution in [3.05, 3.63) is 83.4 Å². The zero-order valence-corrected chi connectivity index (χ0v) is 28.5. The number of aryl methyl sites for hydroxylation is 3. The van der Waals surface area contributed by atoms with Crippen LogP contribution in [-0.4, -0.2) is 20.9 Å². The number of carbonyl (C=O) groups is 1. The fourth-order valence-corrected chi connectivity index (χ4v) is 5.00. The first-order valence-electron chi connectivity index (χ1n) is 14.5. The van der Waals surface area contributed by atoms with E-state index in [2.05, 4.69) is 79.3 Å². The van der Waals surface area contributed by atoms with Crippen LogP contribution in [0.3, 0.4) is 0 Å². The van der Waals surface area contributed by atoms with E-state index in [4.69, 9.17) is 0 Å². The van der Waals surface area contributed by atoms with Crippen molar-refractivity contribution >= 4 is 27.5 Å². The number of aliphatic hydroxyl groups is 1. The Kier molecular flexibility index (Phi) is 12.0. The summed E-state index contributed by atoms with van der Waals surface area (Å²) in [5.74, 6) is 0.286. The summed E-state index contributed by atoms with van der Waals surface area (Å²) >= 11 is 0. The Morgan fingerprint density at radius 1 is 0.902 bits per heavy atom. The molecule has 0 aliphatic carbocycles. The summed E-state index contributed by atoms with van der Waals surface area (Å²) in [6.07, 6.45) is 6.42. The molecule has 3 aromatic carbocycles. The standard InChI is InChI=1S/C21H17N2.C15H28O2.Ir/c1-13-9-14(2)11-17(10-13)20-18-8-7-16-6-4-5-15(3)19(16)21(18)23-12-22-20;1-7-14(5,8-2)12(16)11-13(17)15(6,9-3)10-4;/h4-10,12H,1-3H3;11,16H,7-10H2,1-6H3;/q-1;;/b;12-11-;. The Morgan fingerprint density at radius 3 is 2.12 bits per heavy atom. The van der Waals surface area contributed by atoms with E-state index < -0.39 is 0 Å². The Balaban J connectivity index is 0.000000296. The van der Waals surface area contributed by atoms with E-state index in [1.165, 1.54) is 28.0 Å². The van der Waals surface area contributed by atoms with Crippen molar-refractivity contribution in [2.24, 2.45) is 10.8 Å². The van der Waals surface area contributed by atoms with Crippen LogP contribution in [0.5, 0.6) is 0 Å². The van der Waals surface area contributed by atoms with Gasteiger partial charge >= 0.3 is 0 Å². The summed E-state index contributed by atoms with van der Waals surface area (Å²) in [5.41, 5.74) is 5.98. The SMILES string of the molecule is CCC(C)(CC)C(=O)/C=C(\O)C(C)(CC)CC.Cc1[c-]c(-c2ncnc3c2ccc2cccc(C)c23)cc(C)c1.[Ir]. The number of ketones is 1. The van der Waals surface area contributed by atoms with Gasteiger partial charge in [0.1, 0.15) is 12.1 Å². The third-order valence-corrected chi connectivity index (χ3v) is 8.86. The van der Waals surface area contributed by atoms with Crippen molar-refractivity contribution in [3.63, 3.8) is 0 Å². The van der Waals surface area contributed by atoms with E-state index in [-0.39, 0.29) is 42.5 Å². The smallest absolute Gasteiger partial charge is 0.164 e. The molecular weight excluding hydrogens is 685 g/mol. The predicted molar refractivity (Wildman–Crippen MR) is 169 cm³/mol. The Labute approximate surface area is 260 Å². The van der Waals surface area contributed by atoms with E-state index in [1.54, 1.807) is 6.33 Å². The van der Waals surface area contributed by atoms with Crippen LogP contribution in [0.25, 0.3) is 32.9 Å². The monoisotopic (exact) mass is 730 g/mol. The van der Waals surface area contributed by atoms with Crippen LogP contribution in [0.15, 0.2) is 60.6 Å². The number of aliphatic hydroxyl groups excluding tert-OH is 1. The maximum atomic E-state index is 12.2. The number of rotatable bonds is 8. The Bertz CT molecular complexity index is 1510. The second-order valence-electron chi connectivity index (χ2n) is 11.5. The molecule has 4 rings (SSSR count). The number of carbonyl (C=O) groups excluding carboxylic acids is 1. The Morgan fingerprint density at radius 2 is 1.54 bits per heavy atom. The van der Waals surface area contributed by atoms with Gasteiger partial charge in [-0.1, -0.05) is 85.7 Å². The number of aromatic nitrogens is 2. The maximum Gasteiger partial charge on any atom is 0.164 e. The van der Waals surface area contributed by atoms with Crippen molar-refractivity contribution < 1.29 is 30.0 Å². The normalized spacial score (nSPS) is 12.1. The van der Waals surface area contributed by atoms with Crippen LogP contribution in [0, 0.1) is 37.7 Å². The van der Waals surface area contributed by atoms with Crippen molar-refractivity contribution in [2.75, 3.05) is 0 Å². The minimum atomic E-state index is -0.337. The predicted octanol–water partition coefficient (Wildman–Crippen LogP) is 9.82. The molecule has 0 bridgehead atoms. The number of allylic oxidation sites excluding steroid dienone is 2. The minimum Gasteiger partial charge on any atom is -0.512 e. The largest absolute Gasteiger partial charge is 0.512 e. The third kappa shape index (κ3) is 7.50. The van der Waals surface area contributed by atoms with Gasteiger partial charge in [-0.2, -0.15) is 0 Å². The summed E-state index contributed by atoms with van der Waals surface area (Å²) in [7, 11) is 0. The fourth-order valence-electron chi connectivity index (χ4n) is 5.00. The van der Waals surface area contributed by atoms with Gasteiger partial charge in [0.2, 0.25) is 0 Å². The summed E-state index contributed by atoms with van der Waals surface area (Å²) in [6, 6.07) is 18.3. The molecule has 1 heterocycles. The first-order chi connectivity index (χ1) is 18.9. The van der Waals surface area contributed by atoms with Gasteiger partial charge in [0.25, 0.3) is 0 Å². The van der Waals surface area contributed by atoms with Crippen molar-refractivity contribution in [2.45, 2.75) is 88.0 Å². The van der Waals surface area contributed by atoms with E-state index in [0.29, 0.717) is 0 Å². The van der Waals surface area contributed by atoms with Crippen molar-refractivity contribution in [1.82, 2.24) is 9.97 Å². The van der Waals surface area contributed by atoms with Crippen LogP contribution in [-0.2, 0) is 24.9 Å². The molecule has 0 saturated heterocycles. The molecule has 0 atom stereocenters. The molecular formula is C36H45IrN2O2-.